The lowest BCUT2D eigenvalue weighted by molar-refractivity contribution is -0.144. The van der Waals surface area contributed by atoms with E-state index in [0.717, 1.165) is 30.4 Å². The van der Waals surface area contributed by atoms with Gasteiger partial charge in [0, 0.05) is 10.7 Å². The van der Waals surface area contributed by atoms with E-state index >= 15 is 0 Å². The largest absolute Gasteiger partial charge is 0.480 e. The highest BCUT2D eigenvalue weighted by molar-refractivity contribution is 9.10. The summed E-state index contributed by atoms with van der Waals surface area (Å²) in [5.74, 6) is -0.818. The molecule has 4 nitrogen and oxygen atoms in total. The molecule has 1 aromatic rings. The summed E-state index contributed by atoms with van der Waals surface area (Å²) >= 11 is 3.30. The predicted molar refractivity (Wildman–Crippen MR) is 67.7 cm³/mol. The van der Waals surface area contributed by atoms with E-state index in [1.807, 2.05) is 11.0 Å². The van der Waals surface area contributed by atoms with Crippen LogP contribution in [0.4, 0.5) is 0 Å². The van der Waals surface area contributed by atoms with Gasteiger partial charge in [0.25, 0.3) is 0 Å². The molecule has 0 amide bonds. The van der Waals surface area contributed by atoms with Gasteiger partial charge in [-0.25, -0.2) is 0 Å². The van der Waals surface area contributed by atoms with Crippen molar-refractivity contribution in [1.29, 1.82) is 0 Å². The normalized spacial score (nSPS) is 18.9. The second-order valence-corrected chi connectivity index (χ2v) is 5.15. The Morgan fingerprint density at radius 1 is 1.35 bits per heavy atom. The van der Waals surface area contributed by atoms with Crippen LogP contribution in [0.25, 0.3) is 0 Å². The fourth-order valence-corrected chi connectivity index (χ4v) is 2.43. The third-order valence-electron chi connectivity index (χ3n) is 3.02. The van der Waals surface area contributed by atoms with Crippen LogP contribution in [0.1, 0.15) is 31.0 Å². The van der Waals surface area contributed by atoms with Gasteiger partial charge in [-0.2, -0.15) is 0 Å². The van der Waals surface area contributed by atoms with Crippen molar-refractivity contribution in [2.45, 2.75) is 25.3 Å². The number of carbonyl (C=O) groups is 1. The summed E-state index contributed by atoms with van der Waals surface area (Å²) < 4.78 is 0.865. The number of carboxylic acids is 1. The van der Waals surface area contributed by atoms with E-state index in [-0.39, 0.29) is 0 Å². The van der Waals surface area contributed by atoms with Crippen LogP contribution in [0.3, 0.4) is 0 Å². The molecule has 5 heteroatoms. The minimum atomic E-state index is -0.818. The van der Waals surface area contributed by atoms with Crippen LogP contribution in [-0.2, 0) is 4.79 Å². The molecule has 0 aliphatic carbocycles. The van der Waals surface area contributed by atoms with Gasteiger partial charge in [-0.1, -0.05) is 6.42 Å². The molecule has 0 spiro atoms. The Morgan fingerprint density at radius 3 is 2.59 bits per heavy atom. The number of aliphatic carboxylic acids is 1. The molecule has 1 aromatic heterocycles. The van der Waals surface area contributed by atoms with E-state index in [9.17, 15) is 9.90 Å². The van der Waals surface area contributed by atoms with Crippen LogP contribution in [0, 0.1) is 0 Å². The van der Waals surface area contributed by atoms with Crippen molar-refractivity contribution in [2.24, 2.45) is 0 Å². The van der Waals surface area contributed by atoms with Gasteiger partial charge in [-0.15, -0.1) is 0 Å². The number of rotatable bonds is 3. The first kappa shape index (κ1) is 12.5. The third kappa shape index (κ3) is 3.04. The zero-order chi connectivity index (χ0) is 12.3. The summed E-state index contributed by atoms with van der Waals surface area (Å²) in [5.41, 5.74) is 0.614. The van der Waals surface area contributed by atoms with Crippen LogP contribution >= 0.6 is 15.9 Å². The molecule has 2 heterocycles. The van der Waals surface area contributed by atoms with Crippen LogP contribution in [0.15, 0.2) is 22.8 Å². The Bertz CT molecular complexity index is 388. The molecule has 2 rings (SSSR count). The first-order valence-corrected chi connectivity index (χ1v) is 6.56. The van der Waals surface area contributed by atoms with E-state index in [0.29, 0.717) is 5.69 Å². The SMILES string of the molecule is O=C(O)C(c1ccc(Br)cn1)N1CCCCC1. The Labute approximate surface area is 109 Å². The van der Waals surface area contributed by atoms with Crippen molar-refractivity contribution in [3.63, 3.8) is 0 Å². The van der Waals surface area contributed by atoms with Crippen molar-refractivity contribution in [3.8, 4) is 0 Å². The number of aromatic nitrogens is 1. The first-order valence-electron chi connectivity index (χ1n) is 5.77. The monoisotopic (exact) mass is 298 g/mol. The van der Waals surface area contributed by atoms with E-state index in [1.54, 1.807) is 12.3 Å². The Hall–Kier alpha value is -0.940. The maximum absolute atomic E-state index is 11.4. The molecule has 0 radical (unpaired) electrons. The second-order valence-electron chi connectivity index (χ2n) is 4.24. The highest BCUT2D eigenvalue weighted by atomic mass is 79.9. The standard InChI is InChI=1S/C12H15BrN2O2/c13-9-4-5-10(14-8-9)11(12(16)17)15-6-2-1-3-7-15/h4-5,8,11H,1-3,6-7H2,(H,16,17). The third-order valence-corrected chi connectivity index (χ3v) is 3.49. The maximum Gasteiger partial charge on any atom is 0.327 e. The number of likely N-dealkylation sites (tertiary alicyclic amines) is 1. The first-order chi connectivity index (χ1) is 8.18. The number of hydrogen-bond acceptors (Lipinski definition) is 3. The average molecular weight is 299 g/mol. The number of piperidine rings is 1. The second kappa shape index (κ2) is 5.60. The highest BCUT2D eigenvalue weighted by Gasteiger charge is 2.29. The molecule has 1 unspecified atom stereocenters. The van der Waals surface area contributed by atoms with E-state index < -0.39 is 12.0 Å². The highest BCUT2D eigenvalue weighted by Crippen LogP contribution is 2.24. The lowest BCUT2D eigenvalue weighted by Gasteiger charge is -2.31. The zero-order valence-corrected chi connectivity index (χ0v) is 11.1. The molecule has 1 N–H and O–H groups in total. The van der Waals surface area contributed by atoms with Gasteiger partial charge in [0.2, 0.25) is 0 Å². The molecule has 1 aliphatic heterocycles. The Kier molecular flexibility index (Phi) is 4.12. The Balaban J connectivity index is 2.21. The van der Waals surface area contributed by atoms with E-state index in [1.165, 1.54) is 6.42 Å². The number of nitrogens with zero attached hydrogens (tertiary/aromatic N) is 2. The summed E-state index contributed by atoms with van der Waals surface area (Å²) in [4.78, 5) is 17.6. The van der Waals surface area contributed by atoms with E-state index in [2.05, 4.69) is 20.9 Å². The number of hydrogen-bond donors (Lipinski definition) is 1. The maximum atomic E-state index is 11.4. The molecule has 0 bridgehead atoms. The summed E-state index contributed by atoms with van der Waals surface area (Å²) in [7, 11) is 0. The summed E-state index contributed by atoms with van der Waals surface area (Å²) in [6.07, 6.45) is 4.98. The van der Waals surface area contributed by atoms with Gasteiger partial charge in [0.05, 0.1) is 5.69 Å². The molecular weight excluding hydrogens is 284 g/mol. The molecular formula is C12H15BrN2O2. The fourth-order valence-electron chi connectivity index (χ4n) is 2.20. The number of pyridine rings is 1. The molecule has 17 heavy (non-hydrogen) atoms. The van der Waals surface area contributed by atoms with Crippen molar-refractivity contribution in [3.05, 3.63) is 28.5 Å². The van der Waals surface area contributed by atoms with Crippen molar-refractivity contribution < 1.29 is 9.90 Å². The minimum Gasteiger partial charge on any atom is -0.480 e. The summed E-state index contributed by atoms with van der Waals surface area (Å²) in [6.45, 7) is 1.68. The molecule has 1 saturated heterocycles. The van der Waals surface area contributed by atoms with Gasteiger partial charge >= 0.3 is 5.97 Å². The predicted octanol–water partition coefficient (Wildman–Crippen LogP) is 2.46. The number of carboxylic acid groups (broad SMARTS) is 1. The van der Waals surface area contributed by atoms with Crippen LogP contribution in [0.5, 0.6) is 0 Å². The topological polar surface area (TPSA) is 53.4 Å². The smallest absolute Gasteiger partial charge is 0.327 e. The van der Waals surface area contributed by atoms with Crippen LogP contribution in [-0.4, -0.2) is 34.0 Å². The minimum absolute atomic E-state index is 0.608. The fraction of sp³-hybridized carbons (Fsp3) is 0.500. The van der Waals surface area contributed by atoms with Crippen molar-refractivity contribution >= 4 is 21.9 Å². The van der Waals surface area contributed by atoms with Crippen molar-refractivity contribution in [1.82, 2.24) is 9.88 Å². The molecule has 0 saturated carbocycles. The summed E-state index contributed by atoms with van der Waals surface area (Å²) in [5, 5.41) is 9.35. The van der Waals surface area contributed by atoms with Crippen LogP contribution in [0.2, 0.25) is 0 Å². The van der Waals surface area contributed by atoms with Gasteiger partial charge in [0.1, 0.15) is 0 Å². The van der Waals surface area contributed by atoms with Gasteiger partial charge in [-0.3, -0.25) is 14.7 Å². The molecule has 92 valence electrons. The van der Waals surface area contributed by atoms with Crippen LogP contribution < -0.4 is 0 Å². The van der Waals surface area contributed by atoms with Crippen molar-refractivity contribution in [2.75, 3.05) is 13.1 Å². The zero-order valence-electron chi connectivity index (χ0n) is 9.47. The quantitative estimate of drug-likeness (QED) is 0.931. The lowest BCUT2D eigenvalue weighted by atomic mass is 10.1. The Morgan fingerprint density at radius 2 is 2.06 bits per heavy atom. The molecule has 1 aliphatic rings. The molecule has 1 atom stereocenters. The van der Waals surface area contributed by atoms with Gasteiger partial charge in [-0.05, 0) is 54.0 Å². The molecule has 1 fully saturated rings. The van der Waals surface area contributed by atoms with Gasteiger partial charge in [0.15, 0.2) is 6.04 Å². The molecule has 0 aromatic carbocycles. The average Bonchev–Trinajstić information content (AvgIpc) is 2.33. The number of halogens is 1. The van der Waals surface area contributed by atoms with Gasteiger partial charge < -0.3 is 5.11 Å². The lowest BCUT2D eigenvalue weighted by Crippen LogP contribution is -2.38. The summed E-state index contributed by atoms with van der Waals surface area (Å²) in [6, 6.07) is 3.00. The van der Waals surface area contributed by atoms with E-state index in [4.69, 9.17) is 0 Å².